The number of aromatic nitrogens is 2. The van der Waals surface area contributed by atoms with Crippen molar-refractivity contribution in [3.8, 4) is 16.9 Å². The molecule has 1 aromatic heterocycles. The maximum atomic E-state index is 14.3. The lowest BCUT2D eigenvalue weighted by Crippen LogP contribution is -2.30. The van der Waals surface area contributed by atoms with Crippen LogP contribution in [-0.2, 0) is 4.74 Å². The van der Waals surface area contributed by atoms with Gasteiger partial charge in [-0.25, -0.2) is 18.3 Å². The van der Waals surface area contributed by atoms with Gasteiger partial charge < -0.3 is 21.1 Å². The Morgan fingerprint density at radius 3 is 2.67 bits per heavy atom. The minimum absolute atomic E-state index is 0.0588. The fourth-order valence-electron chi connectivity index (χ4n) is 2.77. The van der Waals surface area contributed by atoms with Gasteiger partial charge in [0.25, 0.3) is 0 Å². The van der Waals surface area contributed by atoms with Crippen LogP contribution in [-0.4, -0.2) is 36.1 Å². The molecule has 0 aliphatic rings. The summed E-state index contributed by atoms with van der Waals surface area (Å²) in [4.78, 5) is 12.3. The first-order valence-electron chi connectivity index (χ1n) is 9.04. The number of carbonyl (C=O) groups is 1. The zero-order chi connectivity index (χ0) is 21.7. The second-order valence-electron chi connectivity index (χ2n) is 6.35. The molecule has 0 radical (unpaired) electrons. The Kier molecular flexibility index (Phi) is 6.86. The number of nitrogens with zero attached hydrogens (tertiary/aromatic N) is 2. The van der Waals surface area contributed by atoms with Gasteiger partial charge in [0.2, 0.25) is 0 Å². The zero-order valence-electron chi connectivity index (χ0n) is 16.1. The standard InChI is InChI=1S/C20H20ClF2N5O2/c1-30-10-2-9-25-20(29)26-18-17(12-3-5-13(21)6-4-12)27-28(19(18)24)16-11-14(22)7-8-15(16)23/h3-8,11H,2,9-10,24H2,1H3,(H2,25,26,29). The second-order valence-corrected chi connectivity index (χ2v) is 6.79. The molecule has 3 aromatic rings. The molecule has 2 amide bonds. The molecule has 7 nitrogen and oxygen atoms in total. The molecule has 0 aliphatic carbocycles. The summed E-state index contributed by atoms with van der Waals surface area (Å²) in [6.45, 7) is 0.873. The van der Waals surface area contributed by atoms with E-state index in [4.69, 9.17) is 22.1 Å². The van der Waals surface area contributed by atoms with E-state index in [1.165, 1.54) is 0 Å². The van der Waals surface area contributed by atoms with Crippen molar-refractivity contribution in [2.24, 2.45) is 0 Å². The van der Waals surface area contributed by atoms with Crippen LogP contribution in [0.25, 0.3) is 16.9 Å². The highest BCUT2D eigenvalue weighted by Gasteiger charge is 2.22. The Bertz CT molecular complexity index is 1040. The number of rotatable bonds is 7. The average Bonchev–Trinajstić information content (AvgIpc) is 3.04. The van der Waals surface area contributed by atoms with Crippen LogP contribution in [0.15, 0.2) is 42.5 Å². The van der Waals surface area contributed by atoms with Crippen molar-refractivity contribution in [2.45, 2.75) is 6.42 Å². The summed E-state index contributed by atoms with van der Waals surface area (Å²) in [6, 6.07) is 9.06. The number of urea groups is 1. The number of hydrogen-bond donors (Lipinski definition) is 3. The number of benzene rings is 2. The topological polar surface area (TPSA) is 94.2 Å². The highest BCUT2D eigenvalue weighted by molar-refractivity contribution is 6.30. The average molecular weight is 436 g/mol. The molecule has 30 heavy (non-hydrogen) atoms. The van der Waals surface area contributed by atoms with Crippen LogP contribution in [0.5, 0.6) is 0 Å². The van der Waals surface area contributed by atoms with Crippen LogP contribution in [0.4, 0.5) is 25.1 Å². The molecule has 3 rings (SSSR count). The minimum atomic E-state index is -0.719. The lowest BCUT2D eigenvalue weighted by molar-refractivity contribution is 0.194. The van der Waals surface area contributed by atoms with E-state index >= 15 is 0 Å². The normalized spacial score (nSPS) is 10.8. The number of methoxy groups -OCH3 is 1. The van der Waals surface area contributed by atoms with Gasteiger partial charge >= 0.3 is 6.03 Å². The van der Waals surface area contributed by atoms with Gasteiger partial charge in [-0.15, -0.1) is 0 Å². The lowest BCUT2D eigenvalue weighted by atomic mass is 10.1. The molecule has 4 N–H and O–H groups in total. The number of nitrogens with one attached hydrogen (secondary N) is 2. The Morgan fingerprint density at radius 1 is 1.23 bits per heavy atom. The molecule has 0 fully saturated rings. The summed E-state index contributed by atoms with van der Waals surface area (Å²) >= 11 is 5.95. The largest absolute Gasteiger partial charge is 0.385 e. The minimum Gasteiger partial charge on any atom is -0.385 e. The van der Waals surface area contributed by atoms with Crippen LogP contribution in [0.3, 0.4) is 0 Å². The van der Waals surface area contributed by atoms with Crippen molar-refractivity contribution in [3.63, 3.8) is 0 Å². The third-order valence-electron chi connectivity index (χ3n) is 4.22. The molecule has 10 heteroatoms. The fourth-order valence-corrected chi connectivity index (χ4v) is 2.90. The predicted molar refractivity (Wildman–Crippen MR) is 112 cm³/mol. The fraction of sp³-hybridized carbons (Fsp3) is 0.200. The monoisotopic (exact) mass is 435 g/mol. The SMILES string of the molecule is COCCCNC(=O)Nc1c(-c2ccc(Cl)cc2)nn(-c2cc(F)ccc2F)c1N. The summed E-state index contributed by atoms with van der Waals surface area (Å²) in [7, 11) is 1.57. The van der Waals surface area contributed by atoms with Gasteiger partial charge in [-0.05, 0) is 30.7 Å². The molecule has 0 aliphatic heterocycles. The number of carbonyl (C=O) groups excluding carboxylic acids is 1. The summed E-state index contributed by atoms with van der Waals surface area (Å²) < 4.78 is 34.0. The van der Waals surface area contributed by atoms with E-state index in [-0.39, 0.29) is 22.9 Å². The van der Waals surface area contributed by atoms with Gasteiger partial charge in [-0.1, -0.05) is 23.7 Å². The van der Waals surface area contributed by atoms with Crippen LogP contribution >= 0.6 is 11.6 Å². The number of anilines is 2. The maximum Gasteiger partial charge on any atom is 0.319 e. The summed E-state index contributed by atoms with van der Waals surface area (Å²) in [6.07, 6.45) is 0.622. The molecule has 0 saturated heterocycles. The van der Waals surface area contributed by atoms with Crippen molar-refractivity contribution in [1.29, 1.82) is 0 Å². The molecular formula is C20H20ClF2N5O2. The van der Waals surface area contributed by atoms with E-state index < -0.39 is 17.7 Å². The van der Waals surface area contributed by atoms with Gasteiger partial charge in [0.15, 0.2) is 5.82 Å². The molecule has 1 heterocycles. The highest BCUT2D eigenvalue weighted by Crippen LogP contribution is 2.35. The number of nitrogen functional groups attached to an aromatic ring is 1. The number of ether oxygens (including phenoxy) is 1. The van der Waals surface area contributed by atoms with Crippen LogP contribution < -0.4 is 16.4 Å². The molecular weight excluding hydrogens is 416 g/mol. The third kappa shape index (κ3) is 4.87. The Labute approximate surface area is 176 Å². The van der Waals surface area contributed by atoms with E-state index in [1.54, 1.807) is 31.4 Å². The summed E-state index contributed by atoms with van der Waals surface area (Å²) in [5.41, 5.74) is 7.00. The van der Waals surface area contributed by atoms with Crippen LogP contribution in [0.1, 0.15) is 6.42 Å². The van der Waals surface area contributed by atoms with Gasteiger partial charge in [-0.2, -0.15) is 5.10 Å². The van der Waals surface area contributed by atoms with Crippen LogP contribution in [0.2, 0.25) is 5.02 Å². The summed E-state index contributed by atoms with van der Waals surface area (Å²) in [5.74, 6) is -1.43. The highest BCUT2D eigenvalue weighted by atomic mass is 35.5. The number of nitrogens with two attached hydrogens (primary N) is 1. The van der Waals surface area contributed by atoms with E-state index in [0.29, 0.717) is 30.2 Å². The smallest absolute Gasteiger partial charge is 0.319 e. The van der Waals surface area contributed by atoms with Gasteiger partial charge in [0, 0.05) is 36.9 Å². The van der Waals surface area contributed by atoms with E-state index in [0.717, 1.165) is 22.9 Å². The second kappa shape index (κ2) is 9.55. The van der Waals surface area contributed by atoms with E-state index in [2.05, 4.69) is 15.7 Å². The van der Waals surface area contributed by atoms with Crippen molar-refractivity contribution >= 4 is 29.1 Å². The molecule has 0 saturated carbocycles. The Morgan fingerprint density at radius 2 is 1.97 bits per heavy atom. The molecule has 0 atom stereocenters. The molecule has 2 aromatic carbocycles. The first-order valence-corrected chi connectivity index (χ1v) is 9.42. The number of amides is 2. The predicted octanol–water partition coefficient (Wildman–Crippen LogP) is 4.21. The van der Waals surface area contributed by atoms with Crippen molar-refractivity contribution < 1.29 is 18.3 Å². The Balaban J connectivity index is 2.00. The van der Waals surface area contributed by atoms with Crippen molar-refractivity contribution in [2.75, 3.05) is 31.3 Å². The first-order chi connectivity index (χ1) is 14.4. The first kappa shape index (κ1) is 21.5. The molecule has 0 spiro atoms. The third-order valence-corrected chi connectivity index (χ3v) is 4.48. The molecule has 0 unspecified atom stereocenters. The summed E-state index contributed by atoms with van der Waals surface area (Å²) in [5, 5.41) is 10.1. The van der Waals surface area contributed by atoms with Gasteiger partial charge in [-0.3, -0.25) is 0 Å². The number of hydrogen-bond acceptors (Lipinski definition) is 4. The van der Waals surface area contributed by atoms with Crippen molar-refractivity contribution in [3.05, 3.63) is 59.1 Å². The van der Waals surface area contributed by atoms with E-state index in [9.17, 15) is 13.6 Å². The van der Waals surface area contributed by atoms with Crippen LogP contribution in [0, 0.1) is 11.6 Å². The molecule has 0 bridgehead atoms. The lowest BCUT2D eigenvalue weighted by Gasteiger charge is -2.09. The molecule has 158 valence electrons. The van der Waals surface area contributed by atoms with E-state index in [1.807, 2.05) is 0 Å². The quantitative estimate of drug-likeness (QED) is 0.484. The van der Waals surface area contributed by atoms with Gasteiger partial charge in [0.05, 0.1) is 0 Å². The maximum absolute atomic E-state index is 14.3. The Hall–Kier alpha value is -3.17. The van der Waals surface area contributed by atoms with Crippen molar-refractivity contribution in [1.82, 2.24) is 15.1 Å². The van der Waals surface area contributed by atoms with Gasteiger partial charge in [0.1, 0.15) is 28.7 Å². The zero-order valence-corrected chi connectivity index (χ0v) is 16.8. The number of halogens is 3.